The molecule has 0 saturated heterocycles. The van der Waals surface area contributed by atoms with E-state index in [-0.39, 0.29) is 12.1 Å². The van der Waals surface area contributed by atoms with Gasteiger partial charge in [-0.25, -0.2) is 9.69 Å². The number of rotatable bonds is 5. The second kappa shape index (κ2) is 6.64. The van der Waals surface area contributed by atoms with Gasteiger partial charge in [0.15, 0.2) is 0 Å². The van der Waals surface area contributed by atoms with Crippen LogP contribution in [0.4, 0.5) is 10.5 Å². The Bertz CT molecular complexity index is 431. The minimum absolute atomic E-state index is 0.209. The SMILES string of the molecule is CCCCC(=O)N(C(=O)O)c1ccccc1OC. The highest BCUT2D eigenvalue weighted by Crippen LogP contribution is 2.28. The van der Waals surface area contributed by atoms with Gasteiger partial charge < -0.3 is 9.84 Å². The summed E-state index contributed by atoms with van der Waals surface area (Å²) >= 11 is 0. The van der Waals surface area contributed by atoms with Crippen molar-refractivity contribution < 1.29 is 19.4 Å². The number of carbonyl (C=O) groups excluding carboxylic acids is 1. The quantitative estimate of drug-likeness (QED) is 0.873. The molecule has 5 nitrogen and oxygen atoms in total. The van der Waals surface area contributed by atoms with Crippen molar-refractivity contribution in [2.75, 3.05) is 12.0 Å². The topological polar surface area (TPSA) is 66.8 Å². The third-order valence-corrected chi connectivity index (χ3v) is 2.51. The minimum atomic E-state index is -1.29. The predicted molar refractivity (Wildman–Crippen MR) is 68.0 cm³/mol. The van der Waals surface area contributed by atoms with Crippen molar-refractivity contribution in [1.82, 2.24) is 0 Å². The van der Waals surface area contributed by atoms with Gasteiger partial charge in [-0.2, -0.15) is 0 Å². The van der Waals surface area contributed by atoms with E-state index in [9.17, 15) is 9.59 Å². The lowest BCUT2D eigenvalue weighted by atomic mass is 10.2. The lowest BCUT2D eigenvalue weighted by molar-refractivity contribution is -0.118. The average Bonchev–Trinajstić information content (AvgIpc) is 2.36. The van der Waals surface area contributed by atoms with Gasteiger partial charge in [-0.05, 0) is 18.6 Å². The van der Waals surface area contributed by atoms with Crippen molar-refractivity contribution in [3.05, 3.63) is 24.3 Å². The molecule has 0 aliphatic heterocycles. The molecule has 0 bridgehead atoms. The van der Waals surface area contributed by atoms with Gasteiger partial charge in [0.1, 0.15) is 5.75 Å². The van der Waals surface area contributed by atoms with Crippen LogP contribution in [0.5, 0.6) is 5.75 Å². The summed E-state index contributed by atoms with van der Waals surface area (Å²) in [4.78, 5) is 23.9. The monoisotopic (exact) mass is 251 g/mol. The van der Waals surface area contributed by atoms with Crippen LogP contribution < -0.4 is 9.64 Å². The fourth-order valence-electron chi connectivity index (χ4n) is 1.60. The summed E-state index contributed by atoms with van der Waals surface area (Å²) < 4.78 is 5.07. The minimum Gasteiger partial charge on any atom is -0.495 e. The zero-order valence-electron chi connectivity index (χ0n) is 10.5. The zero-order chi connectivity index (χ0) is 13.5. The molecule has 18 heavy (non-hydrogen) atoms. The second-order valence-corrected chi connectivity index (χ2v) is 3.79. The number of carboxylic acid groups (broad SMARTS) is 1. The number of hydrogen-bond donors (Lipinski definition) is 1. The third kappa shape index (κ3) is 3.23. The van der Waals surface area contributed by atoms with E-state index in [4.69, 9.17) is 9.84 Å². The molecule has 5 heteroatoms. The van der Waals surface area contributed by atoms with E-state index >= 15 is 0 Å². The highest BCUT2D eigenvalue weighted by molar-refractivity contribution is 6.12. The van der Waals surface area contributed by atoms with Crippen LogP contribution in [0.25, 0.3) is 0 Å². The van der Waals surface area contributed by atoms with Gasteiger partial charge in [0.05, 0.1) is 12.8 Å². The highest BCUT2D eigenvalue weighted by atomic mass is 16.5. The molecule has 1 rings (SSSR count). The first kappa shape index (κ1) is 14.0. The number of para-hydroxylation sites is 2. The van der Waals surface area contributed by atoms with Crippen LogP contribution in [0.2, 0.25) is 0 Å². The Morgan fingerprint density at radius 3 is 2.56 bits per heavy atom. The second-order valence-electron chi connectivity index (χ2n) is 3.79. The first-order valence-corrected chi connectivity index (χ1v) is 5.80. The van der Waals surface area contributed by atoms with E-state index in [1.807, 2.05) is 6.92 Å². The Morgan fingerprint density at radius 1 is 1.33 bits per heavy atom. The Hall–Kier alpha value is -2.04. The molecular formula is C13H17NO4. The third-order valence-electron chi connectivity index (χ3n) is 2.51. The molecule has 1 aromatic carbocycles. The Labute approximate surface area is 106 Å². The van der Waals surface area contributed by atoms with Gasteiger partial charge in [0, 0.05) is 6.42 Å². The van der Waals surface area contributed by atoms with E-state index < -0.39 is 12.0 Å². The molecule has 0 aromatic heterocycles. The first-order valence-electron chi connectivity index (χ1n) is 5.80. The molecule has 0 unspecified atom stereocenters. The molecule has 0 aliphatic carbocycles. The number of nitrogens with zero attached hydrogens (tertiary/aromatic N) is 1. The number of anilines is 1. The molecule has 0 saturated carbocycles. The fraction of sp³-hybridized carbons (Fsp3) is 0.385. The molecule has 0 radical (unpaired) electrons. The summed E-state index contributed by atoms with van der Waals surface area (Å²) in [6.07, 6.45) is 0.421. The highest BCUT2D eigenvalue weighted by Gasteiger charge is 2.24. The number of methoxy groups -OCH3 is 1. The number of amides is 2. The number of imide groups is 1. The molecule has 0 fully saturated rings. The van der Waals surface area contributed by atoms with Gasteiger partial charge >= 0.3 is 6.09 Å². The molecule has 1 N–H and O–H groups in total. The van der Waals surface area contributed by atoms with E-state index in [1.165, 1.54) is 7.11 Å². The Morgan fingerprint density at radius 2 is 2.00 bits per heavy atom. The van der Waals surface area contributed by atoms with E-state index in [0.717, 1.165) is 11.3 Å². The van der Waals surface area contributed by atoms with Crippen LogP contribution in [0.15, 0.2) is 24.3 Å². The van der Waals surface area contributed by atoms with Crippen molar-refractivity contribution in [3.8, 4) is 5.75 Å². The molecule has 2 amide bonds. The number of benzene rings is 1. The van der Waals surface area contributed by atoms with Crippen molar-refractivity contribution in [1.29, 1.82) is 0 Å². The molecule has 0 aliphatic rings. The lowest BCUT2D eigenvalue weighted by Gasteiger charge is -2.19. The van der Waals surface area contributed by atoms with Crippen LogP contribution in [-0.2, 0) is 4.79 Å². The van der Waals surface area contributed by atoms with Crippen LogP contribution in [0.3, 0.4) is 0 Å². The van der Waals surface area contributed by atoms with Gasteiger partial charge in [-0.15, -0.1) is 0 Å². The van der Waals surface area contributed by atoms with Gasteiger partial charge in [0.2, 0.25) is 5.91 Å². The van der Waals surface area contributed by atoms with Gasteiger partial charge in [-0.3, -0.25) is 4.79 Å². The number of ether oxygens (including phenoxy) is 1. The average molecular weight is 251 g/mol. The van der Waals surface area contributed by atoms with Gasteiger partial charge in [0.25, 0.3) is 0 Å². The first-order chi connectivity index (χ1) is 8.61. The van der Waals surface area contributed by atoms with Crippen LogP contribution >= 0.6 is 0 Å². The van der Waals surface area contributed by atoms with Crippen molar-refractivity contribution in [3.63, 3.8) is 0 Å². The predicted octanol–water partition coefficient (Wildman–Crippen LogP) is 2.90. The van der Waals surface area contributed by atoms with Crippen LogP contribution in [0.1, 0.15) is 26.2 Å². The molecule has 98 valence electrons. The summed E-state index contributed by atoms with van der Waals surface area (Å²) in [5.74, 6) is -0.0707. The molecule has 0 atom stereocenters. The van der Waals surface area contributed by atoms with Crippen molar-refractivity contribution in [2.45, 2.75) is 26.2 Å². The van der Waals surface area contributed by atoms with Crippen molar-refractivity contribution >= 4 is 17.7 Å². The summed E-state index contributed by atoms with van der Waals surface area (Å²) in [7, 11) is 1.44. The van der Waals surface area contributed by atoms with Crippen molar-refractivity contribution in [2.24, 2.45) is 0 Å². The fourth-order valence-corrected chi connectivity index (χ4v) is 1.60. The summed E-state index contributed by atoms with van der Waals surface area (Å²) in [5, 5.41) is 9.17. The molecule has 0 spiro atoms. The van der Waals surface area contributed by atoms with E-state index in [0.29, 0.717) is 12.2 Å². The maximum absolute atomic E-state index is 11.9. The molecule has 1 aromatic rings. The zero-order valence-corrected chi connectivity index (χ0v) is 10.5. The summed E-state index contributed by atoms with van der Waals surface area (Å²) in [6.45, 7) is 1.95. The largest absolute Gasteiger partial charge is 0.495 e. The van der Waals surface area contributed by atoms with Crippen LogP contribution in [0, 0.1) is 0 Å². The van der Waals surface area contributed by atoms with Crippen LogP contribution in [-0.4, -0.2) is 24.2 Å². The summed E-state index contributed by atoms with van der Waals surface area (Å²) in [5.41, 5.74) is 0.258. The molecular weight excluding hydrogens is 234 g/mol. The number of carbonyl (C=O) groups is 2. The standard InChI is InChI=1S/C13H17NO4/c1-3-4-9-12(15)14(13(16)17)10-7-5-6-8-11(10)18-2/h5-8H,3-4,9H2,1-2H3,(H,16,17). The number of unbranched alkanes of at least 4 members (excludes halogenated alkanes) is 1. The van der Waals surface area contributed by atoms with Gasteiger partial charge in [-0.1, -0.05) is 25.5 Å². The maximum atomic E-state index is 11.9. The van der Waals surface area contributed by atoms with E-state index in [2.05, 4.69) is 0 Å². The molecule has 0 heterocycles. The normalized spacial score (nSPS) is 9.89. The Kier molecular flexibility index (Phi) is 5.17. The summed E-state index contributed by atoms with van der Waals surface area (Å²) in [6, 6.07) is 6.56. The van der Waals surface area contributed by atoms with E-state index in [1.54, 1.807) is 24.3 Å². The Balaban J connectivity index is 3.04. The number of hydrogen-bond acceptors (Lipinski definition) is 3. The maximum Gasteiger partial charge on any atom is 0.418 e. The lowest BCUT2D eigenvalue weighted by Crippen LogP contribution is -2.35. The smallest absolute Gasteiger partial charge is 0.418 e.